The van der Waals surface area contributed by atoms with Crippen molar-refractivity contribution in [2.24, 2.45) is 23.2 Å². The molecule has 0 aromatic rings. The minimum Gasteiger partial charge on any atom is -0.393 e. The van der Waals surface area contributed by atoms with Gasteiger partial charge in [-0.25, -0.2) is 0 Å². The van der Waals surface area contributed by atoms with Gasteiger partial charge >= 0.3 is 0 Å². The molecule has 2 fully saturated rings. The highest BCUT2D eigenvalue weighted by atomic mass is 16.3. The SMILES string of the molecule is C=C(C)[C@@H]1C[C@]2(C)[C@@H](C)[C@H](O)CC[C@H]2[C@H](O)[C@@H]1O. The van der Waals surface area contributed by atoms with Crippen molar-refractivity contribution in [3.63, 3.8) is 0 Å². The molecule has 2 aliphatic carbocycles. The zero-order chi connectivity index (χ0) is 13.7. The van der Waals surface area contributed by atoms with E-state index in [0.29, 0.717) is 0 Å². The minimum absolute atomic E-state index is 0.0611. The fourth-order valence-electron chi connectivity index (χ4n) is 4.14. The topological polar surface area (TPSA) is 60.7 Å². The van der Waals surface area contributed by atoms with Crippen LogP contribution in [0.15, 0.2) is 12.2 Å². The first-order valence-electron chi connectivity index (χ1n) is 6.98. The fourth-order valence-corrected chi connectivity index (χ4v) is 4.14. The zero-order valence-corrected chi connectivity index (χ0v) is 11.6. The highest BCUT2D eigenvalue weighted by molar-refractivity contribution is 5.12. The Morgan fingerprint density at radius 2 is 1.78 bits per heavy atom. The summed E-state index contributed by atoms with van der Waals surface area (Å²) < 4.78 is 0. The van der Waals surface area contributed by atoms with Crippen molar-refractivity contribution in [1.82, 2.24) is 0 Å². The fraction of sp³-hybridized carbons (Fsp3) is 0.867. The van der Waals surface area contributed by atoms with E-state index >= 15 is 0 Å². The van der Waals surface area contributed by atoms with Crippen LogP contribution in [-0.2, 0) is 0 Å². The van der Waals surface area contributed by atoms with Crippen LogP contribution in [0.25, 0.3) is 0 Å². The summed E-state index contributed by atoms with van der Waals surface area (Å²) in [6.45, 7) is 10.1. The molecule has 0 aromatic heterocycles. The standard InChI is InChI=1S/C15H26O3/c1-8(2)10-7-15(4)9(3)12(16)6-5-11(15)14(18)13(10)17/h9-14,16-18H,1,5-7H2,2-4H3/t9-,10-,11-,12+,13+,14-,15+/m0/s1. The Hall–Kier alpha value is -0.380. The Labute approximate surface area is 110 Å². The third-order valence-corrected chi connectivity index (χ3v) is 5.70. The van der Waals surface area contributed by atoms with Gasteiger partial charge in [-0.3, -0.25) is 0 Å². The Morgan fingerprint density at radius 3 is 2.33 bits per heavy atom. The Balaban J connectivity index is 2.33. The number of aliphatic hydroxyl groups is 3. The van der Waals surface area contributed by atoms with Crippen molar-refractivity contribution < 1.29 is 15.3 Å². The lowest BCUT2D eigenvalue weighted by Gasteiger charge is -2.56. The van der Waals surface area contributed by atoms with Gasteiger partial charge in [0, 0.05) is 5.92 Å². The smallest absolute Gasteiger partial charge is 0.0867 e. The van der Waals surface area contributed by atoms with Gasteiger partial charge in [-0.15, -0.1) is 0 Å². The molecule has 0 saturated heterocycles. The maximum Gasteiger partial charge on any atom is 0.0867 e. The third kappa shape index (κ3) is 1.93. The highest BCUT2D eigenvalue weighted by Gasteiger charge is 2.55. The highest BCUT2D eigenvalue weighted by Crippen LogP contribution is 2.55. The molecule has 18 heavy (non-hydrogen) atoms. The molecule has 0 heterocycles. The van der Waals surface area contributed by atoms with Crippen molar-refractivity contribution in [1.29, 1.82) is 0 Å². The number of aliphatic hydroxyl groups excluding tert-OH is 3. The number of hydrogen-bond acceptors (Lipinski definition) is 3. The molecular formula is C15H26O3. The first-order chi connectivity index (χ1) is 8.29. The first kappa shape index (κ1) is 14.0. The molecular weight excluding hydrogens is 228 g/mol. The van der Waals surface area contributed by atoms with Crippen LogP contribution < -0.4 is 0 Å². The van der Waals surface area contributed by atoms with E-state index in [0.717, 1.165) is 24.8 Å². The average Bonchev–Trinajstić information content (AvgIpc) is 2.30. The molecule has 2 aliphatic rings. The van der Waals surface area contributed by atoms with Crippen LogP contribution in [0, 0.1) is 23.2 Å². The molecule has 0 aromatic carbocycles. The van der Waals surface area contributed by atoms with Gasteiger partial charge in [0.05, 0.1) is 18.3 Å². The van der Waals surface area contributed by atoms with Gasteiger partial charge in [0.2, 0.25) is 0 Å². The van der Waals surface area contributed by atoms with E-state index in [-0.39, 0.29) is 29.3 Å². The molecule has 7 atom stereocenters. The molecule has 0 aliphatic heterocycles. The Morgan fingerprint density at radius 1 is 1.17 bits per heavy atom. The van der Waals surface area contributed by atoms with E-state index in [1.165, 1.54) is 0 Å². The Kier molecular flexibility index (Phi) is 3.60. The molecule has 3 N–H and O–H groups in total. The van der Waals surface area contributed by atoms with Gasteiger partial charge < -0.3 is 15.3 Å². The molecule has 0 amide bonds. The lowest BCUT2D eigenvalue weighted by Crippen LogP contribution is -2.58. The monoisotopic (exact) mass is 254 g/mol. The summed E-state index contributed by atoms with van der Waals surface area (Å²) in [5.41, 5.74) is 0.813. The maximum atomic E-state index is 10.4. The second-order valence-electron chi connectivity index (χ2n) is 6.68. The molecule has 0 spiro atoms. The summed E-state index contributed by atoms with van der Waals surface area (Å²) in [6.07, 6.45) is 0.637. The number of fused-ring (bicyclic) bond motifs is 1. The quantitative estimate of drug-likeness (QED) is 0.624. The first-order valence-corrected chi connectivity index (χ1v) is 6.98. The van der Waals surface area contributed by atoms with Crippen molar-refractivity contribution in [3.05, 3.63) is 12.2 Å². The summed E-state index contributed by atoms with van der Waals surface area (Å²) in [4.78, 5) is 0. The van der Waals surface area contributed by atoms with Crippen molar-refractivity contribution in [2.45, 2.75) is 58.3 Å². The van der Waals surface area contributed by atoms with Crippen LogP contribution in [0.3, 0.4) is 0 Å². The summed E-state index contributed by atoms with van der Waals surface area (Å²) in [6, 6.07) is 0. The molecule has 3 nitrogen and oxygen atoms in total. The van der Waals surface area contributed by atoms with Crippen LogP contribution in [0.4, 0.5) is 0 Å². The zero-order valence-electron chi connectivity index (χ0n) is 11.6. The van der Waals surface area contributed by atoms with E-state index in [1.54, 1.807) is 0 Å². The van der Waals surface area contributed by atoms with E-state index in [2.05, 4.69) is 20.4 Å². The van der Waals surface area contributed by atoms with Crippen LogP contribution in [-0.4, -0.2) is 33.6 Å². The van der Waals surface area contributed by atoms with Gasteiger partial charge in [-0.1, -0.05) is 26.0 Å². The summed E-state index contributed by atoms with van der Waals surface area (Å²) in [7, 11) is 0. The van der Waals surface area contributed by atoms with Crippen LogP contribution >= 0.6 is 0 Å². The maximum absolute atomic E-state index is 10.4. The number of rotatable bonds is 1. The van der Waals surface area contributed by atoms with Crippen LogP contribution in [0.5, 0.6) is 0 Å². The Bertz CT molecular complexity index is 341. The average molecular weight is 254 g/mol. The molecule has 104 valence electrons. The van der Waals surface area contributed by atoms with Crippen LogP contribution in [0.1, 0.15) is 40.0 Å². The van der Waals surface area contributed by atoms with Crippen molar-refractivity contribution in [2.75, 3.05) is 0 Å². The molecule has 3 heteroatoms. The molecule has 0 radical (unpaired) electrons. The molecule has 2 rings (SSSR count). The molecule has 2 saturated carbocycles. The minimum atomic E-state index is -0.706. The van der Waals surface area contributed by atoms with E-state index in [1.807, 2.05) is 6.92 Å². The summed E-state index contributed by atoms with van der Waals surface area (Å²) in [5.74, 6) is 0.177. The molecule has 0 unspecified atom stereocenters. The van der Waals surface area contributed by atoms with Gasteiger partial charge in [0.25, 0.3) is 0 Å². The van der Waals surface area contributed by atoms with Crippen molar-refractivity contribution in [3.8, 4) is 0 Å². The van der Waals surface area contributed by atoms with Crippen LogP contribution in [0.2, 0.25) is 0 Å². The predicted molar refractivity (Wildman–Crippen MR) is 70.9 cm³/mol. The summed E-state index contributed by atoms with van der Waals surface area (Å²) in [5, 5.41) is 30.7. The molecule has 0 bridgehead atoms. The van der Waals surface area contributed by atoms with E-state index in [9.17, 15) is 15.3 Å². The lowest BCUT2D eigenvalue weighted by atomic mass is 9.51. The largest absolute Gasteiger partial charge is 0.393 e. The van der Waals surface area contributed by atoms with Gasteiger partial charge in [0.15, 0.2) is 0 Å². The van der Waals surface area contributed by atoms with Gasteiger partial charge in [-0.05, 0) is 43.4 Å². The second-order valence-corrected chi connectivity index (χ2v) is 6.68. The number of hydrogen-bond donors (Lipinski definition) is 3. The normalized spacial score (nSPS) is 52.8. The second kappa shape index (κ2) is 4.62. The van der Waals surface area contributed by atoms with E-state index < -0.39 is 12.2 Å². The predicted octanol–water partition coefficient (Wildman–Crippen LogP) is 1.72. The third-order valence-electron chi connectivity index (χ3n) is 5.70. The van der Waals surface area contributed by atoms with E-state index in [4.69, 9.17) is 0 Å². The van der Waals surface area contributed by atoms with Crippen molar-refractivity contribution >= 4 is 0 Å². The van der Waals surface area contributed by atoms with Gasteiger partial charge in [-0.2, -0.15) is 0 Å². The summed E-state index contributed by atoms with van der Waals surface area (Å²) >= 11 is 0. The lowest BCUT2D eigenvalue weighted by molar-refractivity contribution is -0.172. The van der Waals surface area contributed by atoms with Gasteiger partial charge in [0.1, 0.15) is 0 Å².